The Morgan fingerprint density at radius 1 is 1.18 bits per heavy atom. The number of benzene rings is 2. The molecule has 0 radical (unpaired) electrons. The largest absolute Gasteiger partial charge is 0.497 e. The number of amides is 1. The summed E-state index contributed by atoms with van der Waals surface area (Å²) in [6.45, 7) is 0. The second-order valence-corrected chi connectivity index (χ2v) is 9.34. The van der Waals surface area contributed by atoms with Crippen LogP contribution in [0.15, 0.2) is 52.7 Å². The lowest BCUT2D eigenvalue weighted by Gasteiger charge is -2.06. The third kappa shape index (κ3) is 4.82. The van der Waals surface area contributed by atoms with Gasteiger partial charge in [0.15, 0.2) is 15.0 Å². The molecule has 0 saturated carbocycles. The first-order valence-electron chi connectivity index (χ1n) is 7.86. The van der Waals surface area contributed by atoms with Gasteiger partial charge in [-0.1, -0.05) is 23.2 Å². The predicted octanol–water partition coefficient (Wildman–Crippen LogP) is 4.54. The Balaban J connectivity index is 1.71. The third-order valence-electron chi connectivity index (χ3n) is 3.69. The van der Waals surface area contributed by atoms with Crippen LogP contribution in [0.25, 0.3) is 11.3 Å². The highest BCUT2D eigenvalue weighted by atomic mass is 35.5. The van der Waals surface area contributed by atoms with Gasteiger partial charge in [0.25, 0.3) is 0 Å². The lowest BCUT2D eigenvalue weighted by molar-refractivity contribution is -0.113. The van der Waals surface area contributed by atoms with Crippen molar-refractivity contribution in [2.75, 3.05) is 18.2 Å². The maximum atomic E-state index is 12.4. The van der Waals surface area contributed by atoms with Crippen LogP contribution in [0.1, 0.15) is 0 Å². The van der Waals surface area contributed by atoms with Gasteiger partial charge in [0, 0.05) is 16.0 Å². The van der Waals surface area contributed by atoms with Gasteiger partial charge in [0.05, 0.1) is 22.7 Å². The SMILES string of the molecule is COc1ccc(S(=O)(=O)CC(=O)Nc2nc(-c3cc(Cl)ccc3Cl)cs2)cc1. The summed E-state index contributed by atoms with van der Waals surface area (Å²) in [5, 5.41) is 5.44. The zero-order valence-corrected chi connectivity index (χ0v) is 17.6. The molecule has 0 aliphatic carbocycles. The van der Waals surface area contributed by atoms with E-state index in [2.05, 4.69) is 10.3 Å². The fourth-order valence-electron chi connectivity index (χ4n) is 2.34. The molecule has 0 bridgehead atoms. The van der Waals surface area contributed by atoms with E-state index >= 15 is 0 Å². The Labute approximate surface area is 176 Å². The number of nitrogens with zero attached hydrogens (tertiary/aromatic N) is 1. The summed E-state index contributed by atoms with van der Waals surface area (Å²) in [7, 11) is -2.31. The van der Waals surface area contributed by atoms with Crippen LogP contribution in [0.2, 0.25) is 10.0 Å². The summed E-state index contributed by atoms with van der Waals surface area (Å²) >= 11 is 13.3. The summed E-state index contributed by atoms with van der Waals surface area (Å²) in [5.41, 5.74) is 1.16. The van der Waals surface area contributed by atoms with Crippen molar-refractivity contribution in [3.8, 4) is 17.0 Å². The number of ether oxygens (including phenoxy) is 1. The monoisotopic (exact) mass is 456 g/mol. The second kappa shape index (κ2) is 8.48. The number of carbonyl (C=O) groups is 1. The van der Waals surface area contributed by atoms with E-state index in [0.29, 0.717) is 27.1 Å². The summed E-state index contributed by atoms with van der Waals surface area (Å²) in [6, 6.07) is 10.8. The molecule has 2 aromatic carbocycles. The summed E-state index contributed by atoms with van der Waals surface area (Å²) in [6.07, 6.45) is 0. The molecule has 1 aromatic heterocycles. The van der Waals surface area contributed by atoms with E-state index in [0.717, 1.165) is 11.3 Å². The first-order valence-corrected chi connectivity index (χ1v) is 11.1. The van der Waals surface area contributed by atoms with Gasteiger partial charge in [-0.2, -0.15) is 0 Å². The fraction of sp³-hybridized carbons (Fsp3) is 0.111. The topological polar surface area (TPSA) is 85.4 Å². The minimum Gasteiger partial charge on any atom is -0.497 e. The van der Waals surface area contributed by atoms with Crippen LogP contribution in [-0.2, 0) is 14.6 Å². The molecular formula is C18H14Cl2N2O4S2. The highest BCUT2D eigenvalue weighted by Gasteiger charge is 2.20. The zero-order valence-electron chi connectivity index (χ0n) is 14.5. The molecule has 0 aliphatic heterocycles. The zero-order chi connectivity index (χ0) is 20.3. The second-order valence-electron chi connectivity index (χ2n) is 5.64. The van der Waals surface area contributed by atoms with Crippen molar-refractivity contribution in [3.63, 3.8) is 0 Å². The number of thiazole rings is 1. The fourth-order valence-corrected chi connectivity index (χ4v) is 4.59. The lowest BCUT2D eigenvalue weighted by atomic mass is 10.2. The molecule has 28 heavy (non-hydrogen) atoms. The average molecular weight is 457 g/mol. The quantitative estimate of drug-likeness (QED) is 0.588. The van der Waals surface area contributed by atoms with Crippen molar-refractivity contribution in [2.45, 2.75) is 4.90 Å². The Kier molecular flexibility index (Phi) is 6.24. The van der Waals surface area contributed by atoms with Crippen molar-refractivity contribution in [1.82, 2.24) is 4.98 Å². The van der Waals surface area contributed by atoms with Crippen LogP contribution in [0.3, 0.4) is 0 Å². The lowest BCUT2D eigenvalue weighted by Crippen LogP contribution is -2.22. The number of aromatic nitrogens is 1. The van der Waals surface area contributed by atoms with Gasteiger partial charge in [-0.25, -0.2) is 13.4 Å². The molecule has 1 N–H and O–H groups in total. The van der Waals surface area contributed by atoms with E-state index in [-0.39, 0.29) is 10.0 Å². The van der Waals surface area contributed by atoms with Crippen LogP contribution in [0.5, 0.6) is 5.75 Å². The van der Waals surface area contributed by atoms with Gasteiger partial charge >= 0.3 is 0 Å². The molecule has 6 nitrogen and oxygen atoms in total. The highest BCUT2D eigenvalue weighted by Crippen LogP contribution is 2.32. The number of methoxy groups -OCH3 is 1. The first-order chi connectivity index (χ1) is 13.3. The first kappa shape index (κ1) is 20.6. The molecule has 1 amide bonds. The minimum atomic E-state index is -3.79. The van der Waals surface area contributed by atoms with E-state index in [1.807, 2.05) is 0 Å². The predicted molar refractivity (Wildman–Crippen MR) is 111 cm³/mol. The molecule has 0 aliphatic rings. The number of carbonyl (C=O) groups excluding carboxylic acids is 1. The van der Waals surface area contributed by atoms with Crippen LogP contribution in [-0.4, -0.2) is 32.2 Å². The molecule has 146 valence electrons. The van der Waals surface area contributed by atoms with Crippen molar-refractivity contribution in [1.29, 1.82) is 0 Å². The van der Waals surface area contributed by atoms with Gasteiger partial charge in [-0.3, -0.25) is 4.79 Å². The molecule has 10 heteroatoms. The number of hydrogen-bond donors (Lipinski definition) is 1. The van der Waals surface area contributed by atoms with Crippen LogP contribution in [0, 0.1) is 0 Å². The number of nitrogens with one attached hydrogen (secondary N) is 1. The van der Waals surface area contributed by atoms with Crippen LogP contribution >= 0.6 is 34.5 Å². The summed E-state index contributed by atoms with van der Waals surface area (Å²) < 4.78 is 29.8. The van der Waals surface area contributed by atoms with E-state index in [4.69, 9.17) is 27.9 Å². The minimum absolute atomic E-state index is 0.0361. The molecule has 0 unspecified atom stereocenters. The molecule has 3 aromatic rings. The Hall–Kier alpha value is -2.13. The molecule has 0 saturated heterocycles. The van der Waals surface area contributed by atoms with Gasteiger partial charge < -0.3 is 10.1 Å². The highest BCUT2D eigenvalue weighted by molar-refractivity contribution is 7.92. The van der Waals surface area contributed by atoms with Crippen molar-refractivity contribution in [2.24, 2.45) is 0 Å². The van der Waals surface area contributed by atoms with E-state index in [9.17, 15) is 13.2 Å². The maximum Gasteiger partial charge on any atom is 0.241 e. The smallest absolute Gasteiger partial charge is 0.241 e. The number of anilines is 1. The molecule has 0 atom stereocenters. The van der Waals surface area contributed by atoms with E-state index in [1.54, 1.807) is 23.6 Å². The number of hydrogen-bond acceptors (Lipinski definition) is 6. The molecular weight excluding hydrogens is 443 g/mol. The van der Waals surface area contributed by atoms with E-state index in [1.165, 1.54) is 31.4 Å². The Morgan fingerprint density at radius 2 is 1.89 bits per heavy atom. The van der Waals surface area contributed by atoms with Gasteiger partial charge in [0.1, 0.15) is 11.5 Å². The Bertz CT molecular complexity index is 1110. The number of rotatable bonds is 6. The van der Waals surface area contributed by atoms with Crippen molar-refractivity contribution < 1.29 is 17.9 Å². The third-order valence-corrected chi connectivity index (χ3v) is 6.65. The molecule has 1 heterocycles. The van der Waals surface area contributed by atoms with Crippen LogP contribution < -0.4 is 10.1 Å². The summed E-state index contributed by atoms with van der Waals surface area (Å²) in [4.78, 5) is 16.5. The number of halogens is 2. The van der Waals surface area contributed by atoms with Gasteiger partial charge in [-0.05, 0) is 42.5 Å². The molecule has 3 rings (SSSR count). The van der Waals surface area contributed by atoms with E-state index < -0.39 is 21.5 Å². The summed E-state index contributed by atoms with van der Waals surface area (Å²) in [5.74, 6) is -0.862. The van der Waals surface area contributed by atoms with Crippen LogP contribution in [0.4, 0.5) is 5.13 Å². The average Bonchev–Trinajstić information content (AvgIpc) is 3.11. The number of sulfone groups is 1. The molecule has 0 fully saturated rings. The van der Waals surface area contributed by atoms with Crippen molar-refractivity contribution >= 4 is 55.4 Å². The van der Waals surface area contributed by atoms with Gasteiger partial charge in [0.2, 0.25) is 5.91 Å². The normalized spacial score (nSPS) is 11.2. The maximum absolute atomic E-state index is 12.4. The van der Waals surface area contributed by atoms with Crippen molar-refractivity contribution in [3.05, 3.63) is 57.9 Å². The van der Waals surface area contributed by atoms with Gasteiger partial charge in [-0.15, -0.1) is 11.3 Å². The Morgan fingerprint density at radius 3 is 2.57 bits per heavy atom. The molecule has 0 spiro atoms. The standard InChI is InChI=1S/C18H14Cl2N2O4S2/c1-26-12-3-5-13(6-4-12)28(24,25)10-17(23)22-18-21-16(9-27-18)14-8-11(19)2-7-15(14)20/h2-9H,10H2,1H3,(H,21,22,23).